The van der Waals surface area contributed by atoms with Crippen LogP contribution in [0.1, 0.15) is 26.7 Å². The smallest absolute Gasteiger partial charge is 0.0632 e. The summed E-state index contributed by atoms with van der Waals surface area (Å²) in [6, 6.07) is 0. The van der Waals surface area contributed by atoms with Gasteiger partial charge in [-0.2, -0.15) is 0 Å². The molecule has 0 heterocycles. The zero-order valence-corrected chi connectivity index (χ0v) is 8.76. The molecule has 0 rings (SSSR count). The molecule has 2 heteroatoms. The van der Waals surface area contributed by atoms with Gasteiger partial charge in [-0.1, -0.05) is 34.2 Å². The minimum absolute atomic E-state index is 0.115. The van der Waals surface area contributed by atoms with Gasteiger partial charge in [-0.05, 0) is 26.7 Å². The molecule has 1 unspecified atom stereocenters. The van der Waals surface area contributed by atoms with Crippen molar-refractivity contribution >= 4 is 22.6 Å². The Bertz CT molecular complexity index is 106. The van der Waals surface area contributed by atoms with E-state index in [1.165, 1.54) is 5.57 Å². The molecule has 0 aliphatic rings. The van der Waals surface area contributed by atoms with Crippen LogP contribution in [-0.2, 0) is 0 Å². The van der Waals surface area contributed by atoms with Gasteiger partial charge in [0, 0.05) is 4.43 Å². The second kappa shape index (κ2) is 6.16. The molecule has 60 valence electrons. The van der Waals surface area contributed by atoms with Gasteiger partial charge in [0.15, 0.2) is 0 Å². The molecule has 10 heavy (non-hydrogen) atoms. The third kappa shape index (κ3) is 6.55. The van der Waals surface area contributed by atoms with Gasteiger partial charge in [0.05, 0.1) is 6.10 Å². The van der Waals surface area contributed by atoms with E-state index in [2.05, 4.69) is 42.5 Å². The lowest BCUT2D eigenvalue weighted by molar-refractivity contribution is 0.193. The first-order valence-corrected chi connectivity index (χ1v) is 5.06. The van der Waals surface area contributed by atoms with E-state index in [1.807, 2.05) is 0 Å². The van der Waals surface area contributed by atoms with Crippen LogP contribution in [0.15, 0.2) is 11.6 Å². The molecule has 0 aromatic rings. The molecule has 0 spiro atoms. The number of hydrogen-bond donors (Lipinski definition) is 1. The monoisotopic (exact) mass is 254 g/mol. The van der Waals surface area contributed by atoms with E-state index in [4.69, 9.17) is 5.11 Å². The number of aliphatic hydroxyl groups excluding tert-OH is 1. The van der Waals surface area contributed by atoms with Gasteiger partial charge in [0.25, 0.3) is 0 Å². The molecule has 1 N–H and O–H groups in total. The number of hydrogen-bond acceptors (Lipinski definition) is 1. The van der Waals surface area contributed by atoms with Crippen molar-refractivity contribution in [2.75, 3.05) is 4.43 Å². The highest BCUT2D eigenvalue weighted by Gasteiger charge is 1.97. The Balaban J connectivity index is 3.28. The third-order valence-corrected chi connectivity index (χ3v) is 2.25. The molecule has 1 nitrogen and oxygen atoms in total. The van der Waals surface area contributed by atoms with Crippen molar-refractivity contribution in [3.05, 3.63) is 11.6 Å². The Morgan fingerprint density at radius 1 is 1.60 bits per heavy atom. The van der Waals surface area contributed by atoms with E-state index in [1.54, 1.807) is 0 Å². The Morgan fingerprint density at radius 3 is 2.60 bits per heavy atom. The number of halogens is 1. The first kappa shape index (κ1) is 10.4. The Labute approximate surface area is 76.7 Å². The fraction of sp³-hybridized carbons (Fsp3) is 0.750. The molecule has 0 saturated heterocycles. The van der Waals surface area contributed by atoms with Crippen LogP contribution in [0.3, 0.4) is 0 Å². The van der Waals surface area contributed by atoms with Crippen LogP contribution in [0, 0.1) is 0 Å². The molecule has 0 saturated carbocycles. The Hall–Kier alpha value is 0.430. The van der Waals surface area contributed by atoms with Gasteiger partial charge < -0.3 is 5.11 Å². The quantitative estimate of drug-likeness (QED) is 0.464. The number of rotatable bonds is 4. The highest BCUT2D eigenvalue weighted by Crippen LogP contribution is 2.03. The normalized spacial score (nSPS) is 12.8. The average molecular weight is 254 g/mol. The maximum absolute atomic E-state index is 9.13. The van der Waals surface area contributed by atoms with Crippen molar-refractivity contribution in [2.45, 2.75) is 32.8 Å². The highest BCUT2D eigenvalue weighted by atomic mass is 127. The molecular weight excluding hydrogens is 239 g/mol. The summed E-state index contributed by atoms with van der Waals surface area (Å²) >= 11 is 2.20. The first-order valence-electron chi connectivity index (χ1n) is 3.54. The summed E-state index contributed by atoms with van der Waals surface area (Å²) in [4.78, 5) is 0. The molecule has 0 aromatic heterocycles. The number of allylic oxidation sites excluding steroid dienone is 2. The molecular formula is C8H15IO. The second-order valence-corrected chi connectivity index (χ2v) is 3.55. The summed E-state index contributed by atoms with van der Waals surface area (Å²) in [6.07, 6.45) is 3.95. The molecule has 0 fully saturated rings. The summed E-state index contributed by atoms with van der Waals surface area (Å²) in [5.74, 6) is 0. The first-order chi connectivity index (χ1) is 4.66. The average Bonchev–Trinajstić information content (AvgIpc) is 1.87. The molecule has 1 atom stereocenters. The number of alkyl halides is 1. The van der Waals surface area contributed by atoms with Crippen LogP contribution in [0.25, 0.3) is 0 Å². The maximum Gasteiger partial charge on any atom is 0.0632 e. The molecule has 0 radical (unpaired) electrons. The van der Waals surface area contributed by atoms with Crippen molar-refractivity contribution in [1.29, 1.82) is 0 Å². The van der Waals surface area contributed by atoms with E-state index in [-0.39, 0.29) is 6.10 Å². The summed E-state index contributed by atoms with van der Waals surface area (Å²) in [7, 11) is 0. The van der Waals surface area contributed by atoms with Gasteiger partial charge in [-0.3, -0.25) is 0 Å². The maximum atomic E-state index is 9.13. The second-order valence-electron chi connectivity index (χ2n) is 2.67. The predicted molar refractivity (Wildman–Crippen MR) is 53.6 cm³/mol. The minimum atomic E-state index is -0.115. The lowest BCUT2D eigenvalue weighted by atomic mass is 10.2. The molecule has 0 bridgehead atoms. The van der Waals surface area contributed by atoms with E-state index < -0.39 is 0 Å². The van der Waals surface area contributed by atoms with Gasteiger partial charge >= 0.3 is 0 Å². The Kier molecular flexibility index (Phi) is 6.43. The van der Waals surface area contributed by atoms with Crippen LogP contribution in [0.4, 0.5) is 0 Å². The Morgan fingerprint density at radius 2 is 2.20 bits per heavy atom. The predicted octanol–water partition coefficient (Wildman–Crippen LogP) is 2.53. The molecule has 0 amide bonds. The van der Waals surface area contributed by atoms with Gasteiger partial charge in [0.1, 0.15) is 0 Å². The van der Waals surface area contributed by atoms with Crippen LogP contribution in [0.5, 0.6) is 0 Å². The van der Waals surface area contributed by atoms with Gasteiger partial charge in [-0.25, -0.2) is 0 Å². The van der Waals surface area contributed by atoms with Crippen molar-refractivity contribution in [3.8, 4) is 0 Å². The number of aliphatic hydroxyl groups is 1. The van der Waals surface area contributed by atoms with Crippen molar-refractivity contribution in [2.24, 2.45) is 0 Å². The van der Waals surface area contributed by atoms with Crippen molar-refractivity contribution in [3.63, 3.8) is 0 Å². The minimum Gasteiger partial charge on any atom is -0.392 e. The standard InChI is InChI=1S/C8H15IO/c1-7(2)4-3-5-8(10)6-9/h4,8,10H,3,5-6H2,1-2H3. The van der Waals surface area contributed by atoms with E-state index in [0.29, 0.717) is 0 Å². The zero-order valence-electron chi connectivity index (χ0n) is 6.60. The lowest BCUT2D eigenvalue weighted by Crippen LogP contribution is -2.06. The summed E-state index contributed by atoms with van der Waals surface area (Å²) in [6.45, 7) is 4.16. The topological polar surface area (TPSA) is 20.2 Å². The van der Waals surface area contributed by atoms with Crippen LogP contribution >= 0.6 is 22.6 Å². The third-order valence-electron chi connectivity index (χ3n) is 1.23. The van der Waals surface area contributed by atoms with E-state index >= 15 is 0 Å². The fourth-order valence-electron chi connectivity index (χ4n) is 0.642. The van der Waals surface area contributed by atoms with Gasteiger partial charge in [-0.15, -0.1) is 0 Å². The van der Waals surface area contributed by atoms with Crippen LogP contribution in [-0.4, -0.2) is 15.6 Å². The summed E-state index contributed by atoms with van der Waals surface area (Å²) < 4.78 is 0.842. The molecule has 0 aliphatic heterocycles. The molecule has 0 aliphatic carbocycles. The van der Waals surface area contributed by atoms with Crippen LogP contribution in [0.2, 0.25) is 0 Å². The largest absolute Gasteiger partial charge is 0.392 e. The van der Waals surface area contributed by atoms with Crippen molar-refractivity contribution in [1.82, 2.24) is 0 Å². The summed E-state index contributed by atoms with van der Waals surface area (Å²) in [5.41, 5.74) is 1.33. The van der Waals surface area contributed by atoms with E-state index in [9.17, 15) is 0 Å². The summed E-state index contributed by atoms with van der Waals surface area (Å²) in [5, 5.41) is 9.13. The molecule has 0 aromatic carbocycles. The van der Waals surface area contributed by atoms with Crippen LogP contribution < -0.4 is 0 Å². The van der Waals surface area contributed by atoms with Crippen molar-refractivity contribution < 1.29 is 5.11 Å². The van der Waals surface area contributed by atoms with Gasteiger partial charge in [0.2, 0.25) is 0 Å². The zero-order chi connectivity index (χ0) is 7.98. The lowest BCUT2D eigenvalue weighted by Gasteiger charge is -2.02. The van der Waals surface area contributed by atoms with E-state index in [0.717, 1.165) is 17.3 Å². The highest BCUT2D eigenvalue weighted by molar-refractivity contribution is 14.1. The fourth-order valence-corrected chi connectivity index (χ4v) is 1.08. The SMILES string of the molecule is CC(C)=CCCC(O)CI.